The Labute approximate surface area is 152 Å². The van der Waals surface area contributed by atoms with Crippen molar-refractivity contribution >= 4 is 11.6 Å². The largest absolute Gasteiger partial charge is 0.325 e. The van der Waals surface area contributed by atoms with Crippen molar-refractivity contribution in [3.05, 3.63) is 29.8 Å². The summed E-state index contributed by atoms with van der Waals surface area (Å²) in [7, 11) is 4.29. The number of hydrogen-bond acceptors (Lipinski definition) is 3. The maximum absolute atomic E-state index is 12.3. The van der Waals surface area contributed by atoms with Gasteiger partial charge in [0.25, 0.3) is 0 Å². The molecular formula is C21H33N3O. The summed E-state index contributed by atoms with van der Waals surface area (Å²) in [6, 6.07) is 9.20. The Bertz CT molecular complexity index is 541. The zero-order valence-electron chi connectivity index (χ0n) is 15.8. The number of anilines is 1. The highest BCUT2D eigenvalue weighted by molar-refractivity contribution is 5.92. The number of piperidine rings is 1. The van der Waals surface area contributed by atoms with Crippen molar-refractivity contribution in [1.82, 2.24) is 9.80 Å². The Balaban J connectivity index is 1.45. The van der Waals surface area contributed by atoms with Crippen molar-refractivity contribution < 1.29 is 4.79 Å². The topological polar surface area (TPSA) is 35.6 Å². The Morgan fingerprint density at radius 1 is 1.04 bits per heavy atom. The van der Waals surface area contributed by atoms with Gasteiger partial charge in [0, 0.05) is 24.8 Å². The molecule has 0 atom stereocenters. The Morgan fingerprint density at radius 3 is 2.28 bits per heavy atom. The quantitative estimate of drug-likeness (QED) is 0.885. The molecule has 1 aliphatic carbocycles. The second-order valence-electron chi connectivity index (χ2n) is 7.98. The third kappa shape index (κ3) is 5.29. The summed E-state index contributed by atoms with van der Waals surface area (Å²) >= 11 is 0. The smallest absolute Gasteiger partial charge is 0.238 e. The van der Waals surface area contributed by atoms with Crippen LogP contribution in [0.15, 0.2) is 24.3 Å². The molecule has 2 fully saturated rings. The Morgan fingerprint density at radius 2 is 1.68 bits per heavy atom. The van der Waals surface area contributed by atoms with Crippen LogP contribution in [-0.4, -0.2) is 55.5 Å². The van der Waals surface area contributed by atoms with Crippen LogP contribution in [0, 0.1) is 0 Å². The molecule has 1 aromatic carbocycles. The molecule has 1 amide bonds. The highest BCUT2D eigenvalue weighted by Crippen LogP contribution is 2.32. The van der Waals surface area contributed by atoms with Gasteiger partial charge < -0.3 is 10.2 Å². The van der Waals surface area contributed by atoms with Crippen molar-refractivity contribution in [1.29, 1.82) is 0 Å². The second-order valence-corrected chi connectivity index (χ2v) is 7.98. The Kier molecular flexibility index (Phi) is 6.49. The number of amides is 1. The van der Waals surface area contributed by atoms with Crippen LogP contribution in [0.25, 0.3) is 0 Å². The van der Waals surface area contributed by atoms with E-state index in [0.29, 0.717) is 12.6 Å². The number of carbonyl (C=O) groups is 1. The minimum absolute atomic E-state index is 0.105. The van der Waals surface area contributed by atoms with Crippen LogP contribution in [0.2, 0.25) is 0 Å². The van der Waals surface area contributed by atoms with E-state index in [1.807, 2.05) is 0 Å². The van der Waals surface area contributed by atoms with Gasteiger partial charge in [-0.2, -0.15) is 0 Å². The average Bonchev–Trinajstić information content (AvgIpc) is 2.63. The molecule has 1 saturated heterocycles. The van der Waals surface area contributed by atoms with Gasteiger partial charge in [-0.3, -0.25) is 9.69 Å². The lowest BCUT2D eigenvalue weighted by atomic mass is 9.84. The number of likely N-dealkylation sites (tertiary alicyclic amines) is 1. The van der Waals surface area contributed by atoms with Crippen molar-refractivity contribution in [2.45, 2.75) is 56.9 Å². The molecule has 1 aromatic rings. The summed E-state index contributed by atoms with van der Waals surface area (Å²) in [5.41, 5.74) is 2.36. The van der Waals surface area contributed by atoms with Crippen LogP contribution in [0.1, 0.15) is 56.4 Å². The van der Waals surface area contributed by atoms with Gasteiger partial charge in [-0.15, -0.1) is 0 Å². The lowest BCUT2D eigenvalue weighted by molar-refractivity contribution is -0.117. The lowest BCUT2D eigenvalue weighted by Gasteiger charge is -2.34. The summed E-state index contributed by atoms with van der Waals surface area (Å²) < 4.78 is 0. The van der Waals surface area contributed by atoms with E-state index in [0.717, 1.165) is 37.5 Å². The standard InChI is InChI=1S/C21H33N3O/c1-23(2)20-12-14-24(15-13-20)16-21(25)22-19-10-8-18(9-11-19)17-6-4-3-5-7-17/h8-11,17,20H,3-7,12-16H2,1-2H3,(H,22,25). The molecule has 1 heterocycles. The van der Waals surface area contributed by atoms with Crippen molar-refractivity contribution in [3.63, 3.8) is 0 Å². The molecule has 0 radical (unpaired) electrons. The van der Waals surface area contributed by atoms with E-state index in [1.165, 1.54) is 37.7 Å². The maximum Gasteiger partial charge on any atom is 0.238 e. The number of nitrogens with zero attached hydrogens (tertiary/aromatic N) is 2. The molecule has 0 spiro atoms. The van der Waals surface area contributed by atoms with Crippen LogP contribution in [-0.2, 0) is 4.79 Å². The zero-order valence-corrected chi connectivity index (χ0v) is 15.8. The van der Waals surface area contributed by atoms with Gasteiger partial charge in [-0.05, 0) is 63.4 Å². The van der Waals surface area contributed by atoms with Gasteiger partial charge in [-0.1, -0.05) is 31.4 Å². The normalized spacial score (nSPS) is 20.8. The predicted octanol–water partition coefficient (Wildman–Crippen LogP) is 3.70. The minimum Gasteiger partial charge on any atom is -0.325 e. The van der Waals surface area contributed by atoms with E-state index in [4.69, 9.17) is 0 Å². The maximum atomic E-state index is 12.3. The van der Waals surface area contributed by atoms with Gasteiger partial charge in [0.05, 0.1) is 6.54 Å². The molecule has 0 bridgehead atoms. The molecule has 2 aliphatic rings. The molecule has 1 saturated carbocycles. The first kappa shape index (κ1) is 18.4. The molecule has 138 valence electrons. The van der Waals surface area contributed by atoms with Gasteiger partial charge in [-0.25, -0.2) is 0 Å². The Hall–Kier alpha value is -1.39. The first-order chi connectivity index (χ1) is 12.1. The SMILES string of the molecule is CN(C)C1CCN(CC(=O)Nc2ccc(C3CCCCC3)cc2)CC1. The molecule has 0 aromatic heterocycles. The third-order valence-corrected chi connectivity index (χ3v) is 5.93. The molecular weight excluding hydrogens is 310 g/mol. The van der Waals surface area contributed by atoms with Gasteiger partial charge in [0.1, 0.15) is 0 Å². The molecule has 4 nitrogen and oxygen atoms in total. The number of carbonyl (C=O) groups excluding carboxylic acids is 1. The van der Waals surface area contributed by atoms with E-state index in [2.05, 4.69) is 53.5 Å². The van der Waals surface area contributed by atoms with Crippen LogP contribution in [0.5, 0.6) is 0 Å². The summed E-state index contributed by atoms with van der Waals surface area (Å²) in [4.78, 5) is 16.9. The molecule has 0 unspecified atom stereocenters. The van der Waals surface area contributed by atoms with Crippen LogP contribution in [0.3, 0.4) is 0 Å². The number of nitrogens with one attached hydrogen (secondary N) is 1. The van der Waals surface area contributed by atoms with E-state index < -0.39 is 0 Å². The molecule has 1 aliphatic heterocycles. The molecule has 4 heteroatoms. The average molecular weight is 344 g/mol. The van der Waals surface area contributed by atoms with E-state index in [-0.39, 0.29) is 5.91 Å². The summed E-state index contributed by atoms with van der Waals surface area (Å²) in [6.45, 7) is 2.53. The van der Waals surface area contributed by atoms with Crippen LogP contribution >= 0.6 is 0 Å². The fraction of sp³-hybridized carbons (Fsp3) is 0.667. The molecule has 1 N–H and O–H groups in total. The van der Waals surface area contributed by atoms with Crippen molar-refractivity contribution in [2.75, 3.05) is 39.0 Å². The number of rotatable bonds is 5. The van der Waals surface area contributed by atoms with Gasteiger partial charge >= 0.3 is 0 Å². The lowest BCUT2D eigenvalue weighted by Crippen LogP contribution is -2.44. The minimum atomic E-state index is 0.105. The van der Waals surface area contributed by atoms with Crippen molar-refractivity contribution in [2.24, 2.45) is 0 Å². The van der Waals surface area contributed by atoms with Gasteiger partial charge in [0.2, 0.25) is 5.91 Å². The summed E-state index contributed by atoms with van der Waals surface area (Å²) in [5.74, 6) is 0.824. The molecule has 25 heavy (non-hydrogen) atoms. The monoisotopic (exact) mass is 343 g/mol. The van der Waals surface area contributed by atoms with E-state index in [9.17, 15) is 4.79 Å². The fourth-order valence-electron chi connectivity index (χ4n) is 4.27. The number of benzene rings is 1. The highest BCUT2D eigenvalue weighted by atomic mass is 16.2. The van der Waals surface area contributed by atoms with E-state index in [1.54, 1.807) is 0 Å². The zero-order chi connectivity index (χ0) is 17.6. The summed E-state index contributed by atoms with van der Waals surface area (Å²) in [5, 5.41) is 3.06. The summed E-state index contributed by atoms with van der Waals surface area (Å²) in [6.07, 6.45) is 9.02. The van der Waals surface area contributed by atoms with Crippen LogP contribution in [0.4, 0.5) is 5.69 Å². The highest BCUT2D eigenvalue weighted by Gasteiger charge is 2.22. The first-order valence-electron chi connectivity index (χ1n) is 9.90. The van der Waals surface area contributed by atoms with Crippen LogP contribution < -0.4 is 5.32 Å². The fourth-order valence-corrected chi connectivity index (χ4v) is 4.27. The molecule has 3 rings (SSSR count). The third-order valence-electron chi connectivity index (χ3n) is 5.93. The second kappa shape index (κ2) is 8.81. The predicted molar refractivity (Wildman–Crippen MR) is 104 cm³/mol. The van der Waals surface area contributed by atoms with Crippen molar-refractivity contribution in [3.8, 4) is 0 Å². The first-order valence-corrected chi connectivity index (χ1v) is 9.90. The number of hydrogen-bond donors (Lipinski definition) is 1. The van der Waals surface area contributed by atoms with Gasteiger partial charge in [0.15, 0.2) is 0 Å². The van der Waals surface area contributed by atoms with E-state index >= 15 is 0 Å².